The van der Waals surface area contributed by atoms with Gasteiger partial charge in [-0.05, 0) is 76.6 Å². The highest BCUT2D eigenvalue weighted by molar-refractivity contribution is 5.94. The Hall–Kier alpha value is -2.88. The number of benzene rings is 1. The van der Waals surface area contributed by atoms with Gasteiger partial charge in [0.05, 0.1) is 17.3 Å². The molecule has 2 aromatic rings. The Bertz CT molecular complexity index is 1180. The molecule has 2 heterocycles. The van der Waals surface area contributed by atoms with Gasteiger partial charge in [-0.25, -0.2) is 0 Å². The maximum Gasteiger partial charge on any atom is 0.417 e. The molecule has 10 heteroatoms. The predicted molar refractivity (Wildman–Crippen MR) is 151 cm³/mol. The van der Waals surface area contributed by atoms with Crippen LogP contribution < -0.4 is 10.6 Å². The van der Waals surface area contributed by atoms with E-state index in [1.807, 2.05) is 0 Å². The lowest BCUT2D eigenvalue weighted by molar-refractivity contribution is -0.137. The van der Waals surface area contributed by atoms with Gasteiger partial charge in [-0.2, -0.15) is 18.3 Å². The van der Waals surface area contributed by atoms with Crippen LogP contribution in [0.5, 0.6) is 0 Å². The molecule has 1 atom stereocenters. The van der Waals surface area contributed by atoms with Crippen LogP contribution in [0.25, 0.3) is 11.3 Å². The molecule has 3 aliphatic rings. The molecule has 224 valence electrons. The number of carbonyl (C=O) groups is 2. The standard InChI is InChI=1S/C31H42F3N5O2/c32-31(33,34)26-15-6-5-14-25(26)28-21-27(37-39(28)24-12-3-4-13-24)30(41)36-23(20-29(40)35-22-10-9-11-22)16-19-38-17-7-1-2-8-18-38/h5-6,14-15,21-24H,1-4,7-13,16-20H2,(H,35,40)(H,36,41)/t23-/m0/s1. The third-order valence-electron chi connectivity index (χ3n) is 8.88. The van der Waals surface area contributed by atoms with Crippen LogP contribution in [-0.4, -0.2) is 58.2 Å². The van der Waals surface area contributed by atoms with Crippen LogP contribution in [-0.2, 0) is 11.0 Å². The van der Waals surface area contributed by atoms with E-state index in [2.05, 4.69) is 20.6 Å². The lowest BCUT2D eigenvalue weighted by atomic mass is 9.93. The molecule has 2 aliphatic carbocycles. The maximum absolute atomic E-state index is 13.9. The molecule has 1 aromatic carbocycles. The summed E-state index contributed by atoms with van der Waals surface area (Å²) in [6, 6.07) is 6.72. The molecule has 2 saturated carbocycles. The lowest BCUT2D eigenvalue weighted by Gasteiger charge is -2.28. The minimum atomic E-state index is -4.53. The van der Waals surface area contributed by atoms with Crippen LogP contribution in [0.3, 0.4) is 0 Å². The predicted octanol–water partition coefficient (Wildman–Crippen LogP) is 6.11. The number of hydrogen-bond donors (Lipinski definition) is 2. The van der Waals surface area contributed by atoms with Gasteiger partial charge in [0, 0.05) is 30.6 Å². The fraction of sp³-hybridized carbons (Fsp3) is 0.645. The summed E-state index contributed by atoms with van der Waals surface area (Å²) in [6.45, 7) is 2.81. The number of carbonyl (C=O) groups excluding carboxylic acids is 2. The average molecular weight is 574 g/mol. The van der Waals surface area contributed by atoms with Crippen molar-refractivity contribution >= 4 is 11.8 Å². The zero-order valence-corrected chi connectivity index (χ0v) is 23.7. The number of amides is 2. The quantitative estimate of drug-likeness (QED) is 0.360. The molecule has 0 radical (unpaired) electrons. The highest BCUT2D eigenvalue weighted by Gasteiger charge is 2.35. The topological polar surface area (TPSA) is 79.3 Å². The van der Waals surface area contributed by atoms with Gasteiger partial charge < -0.3 is 15.5 Å². The smallest absolute Gasteiger partial charge is 0.353 e. The Balaban J connectivity index is 1.36. The molecule has 0 bridgehead atoms. The Morgan fingerprint density at radius 2 is 1.66 bits per heavy atom. The van der Waals surface area contributed by atoms with Crippen molar-refractivity contribution in [1.29, 1.82) is 0 Å². The van der Waals surface area contributed by atoms with Gasteiger partial charge in [0.15, 0.2) is 5.69 Å². The van der Waals surface area contributed by atoms with Crippen molar-refractivity contribution in [1.82, 2.24) is 25.3 Å². The second kappa shape index (κ2) is 13.4. The molecule has 2 amide bonds. The second-order valence-electron chi connectivity index (χ2n) is 12.0. The first kappa shape index (κ1) is 29.6. The van der Waals surface area contributed by atoms with E-state index in [0.29, 0.717) is 12.1 Å². The van der Waals surface area contributed by atoms with Crippen LogP contribution in [0, 0.1) is 0 Å². The van der Waals surface area contributed by atoms with E-state index < -0.39 is 23.7 Å². The minimum absolute atomic E-state index is 0.0241. The first-order valence-electron chi connectivity index (χ1n) is 15.4. The molecule has 1 aliphatic heterocycles. The van der Waals surface area contributed by atoms with Crippen LogP contribution in [0.1, 0.15) is 106 Å². The van der Waals surface area contributed by atoms with Crippen molar-refractivity contribution in [2.24, 2.45) is 0 Å². The summed E-state index contributed by atoms with van der Waals surface area (Å²) in [5.41, 5.74) is -0.327. The summed E-state index contributed by atoms with van der Waals surface area (Å²) in [5, 5.41) is 10.7. The Kier molecular flexibility index (Phi) is 9.68. The number of rotatable bonds is 10. The average Bonchev–Trinajstić information content (AvgIpc) is 3.54. The van der Waals surface area contributed by atoms with Crippen LogP contribution in [0.2, 0.25) is 0 Å². The summed E-state index contributed by atoms with van der Waals surface area (Å²) in [4.78, 5) is 28.8. The number of nitrogens with zero attached hydrogens (tertiary/aromatic N) is 3. The zero-order valence-electron chi connectivity index (χ0n) is 23.7. The molecular weight excluding hydrogens is 531 g/mol. The van der Waals surface area contributed by atoms with E-state index in [-0.39, 0.29) is 35.7 Å². The molecule has 0 spiro atoms. The van der Waals surface area contributed by atoms with Crippen LogP contribution in [0.15, 0.2) is 30.3 Å². The van der Waals surface area contributed by atoms with Crippen LogP contribution >= 0.6 is 0 Å². The largest absolute Gasteiger partial charge is 0.417 e. The Labute approximate surface area is 240 Å². The van der Waals surface area contributed by atoms with Crippen LogP contribution in [0.4, 0.5) is 13.2 Å². The number of nitrogens with one attached hydrogen (secondary N) is 2. The maximum atomic E-state index is 13.9. The summed E-state index contributed by atoms with van der Waals surface area (Å²) in [6.07, 6.45) is 7.66. The summed E-state index contributed by atoms with van der Waals surface area (Å²) in [7, 11) is 0. The van der Waals surface area contributed by atoms with Crippen molar-refractivity contribution in [2.75, 3.05) is 19.6 Å². The van der Waals surface area contributed by atoms with Crippen molar-refractivity contribution in [2.45, 2.75) is 108 Å². The number of alkyl halides is 3. The molecule has 1 saturated heterocycles. The first-order valence-corrected chi connectivity index (χ1v) is 15.4. The molecule has 1 aromatic heterocycles. The minimum Gasteiger partial charge on any atom is -0.353 e. The molecule has 41 heavy (non-hydrogen) atoms. The fourth-order valence-electron chi connectivity index (χ4n) is 6.33. The van der Waals surface area contributed by atoms with E-state index >= 15 is 0 Å². The number of aromatic nitrogens is 2. The van der Waals surface area contributed by atoms with E-state index in [9.17, 15) is 22.8 Å². The molecule has 5 rings (SSSR count). The second-order valence-corrected chi connectivity index (χ2v) is 12.0. The van der Waals surface area contributed by atoms with Gasteiger partial charge in [0.2, 0.25) is 5.91 Å². The van der Waals surface area contributed by atoms with E-state index in [1.165, 1.54) is 31.0 Å². The monoisotopic (exact) mass is 573 g/mol. The van der Waals surface area contributed by atoms with E-state index in [0.717, 1.165) is 83.5 Å². The van der Waals surface area contributed by atoms with E-state index in [4.69, 9.17) is 0 Å². The first-order chi connectivity index (χ1) is 19.8. The van der Waals surface area contributed by atoms with Gasteiger partial charge in [0.1, 0.15) is 0 Å². The van der Waals surface area contributed by atoms with Gasteiger partial charge in [-0.3, -0.25) is 14.3 Å². The number of hydrogen-bond acceptors (Lipinski definition) is 4. The molecular formula is C31H42F3N5O2. The third kappa shape index (κ3) is 7.70. The fourth-order valence-corrected chi connectivity index (χ4v) is 6.33. The third-order valence-corrected chi connectivity index (χ3v) is 8.88. The molecule has 3 fully saturated rings. The van der Waals surface area contributed by atoms with Gasteiger partial charge in [0.25, 0.3) is 5.91 Å². The summed E-state index contributed by atoms with van der Waals surface area (Å²) < 4.78 is 43.4. The highest BCUT2D eigenvalue weighted by Crippen LogP contribution is 2.40. The van der Waals surface area contributed by atoms with Crippen molar-refractivity contribution in [3.05, 3.63) is 41.6 Å². The molecule has 0 unspecified atom stereocenters. The Morgan fingerprint density at radius 1 is 0.951 bits per heavy atom. The molecule has 2 N–H and O–H groups in total. The zero-order chi connectivity index (χ0) is 28.8. The van der Waals surface area contributed by atoms with Crippen molar-refractivity contribution < 1.29 is 22.8 Å². The van der Waals surface area contributed by atoms with Gasteiger partial charge in [-0.15, -0.1) is 0 Å². The summed E-state index contributed by atoms with van der Waals surface area (Å²) in [5.74, 6) is -0.531. The van der Waals surface area contributed by atoms with Gasteiger partial charge >= 0.3 is 6.18 Å². The highest BCUT2D eigenvalue weighted by atomic mass is 19.4. The Morgan fingerprint density at radius 3 is 2.32 bits per heavy atom. The number of likely N-dealkylation sites (tertiary alicyclic amines) is 1. The van der Waals surface area contributed by atoms with Gasteiger partial charge in [-0.1, -0.05) is 43.9 Å². The lowest BCUT2D eigenvalue weighted by Crippen LogP contribution is -2.45. The number of halogens is 3. The normalized spacial score (nSPS) is 19.9. The SMILES string of the molecule is O=C(C[C@H](CCN1CCCCCC1)NC(=O)c1cc(-c2ccccc2C(F)(F)F)n(C2CCCC2)n1)NC1CCC1. The summed E-state index contributed by atoms with van der Waals surface area (Å²) >= 11 is 0. The van der Waals surface area contributed by atoms with Crippen molar-refractivity contribution in [3.8, 4) is 11.3 Å². The molecule has 7 nitrogen and oxygen atoms in total. The van der Waals surface area contributed by atoms with Crippen molar-refractivity contribution in [3.63, 3.8) is 0 Å². The van der Waals surface area contributed by atoms with E-state index in [1.54, 1.807) is 10.7 Å².